The second-order valence-electron chi connectivity index (χ2n) is 3.87. The SMILES string of the molecule is CCN(CC)CC(=O)c1cc(C)ccc1Cl.[Cl-]. The van der Waals surface area contributed by atoms with Crippen LogP contribution in [-0.2, 0) is 0 Å². The van der Waals surface area contributed by atoms with Gasteiger partial charge in [0.25, 0.3) is 0 Å². The highest BCUT2D eigenvalue weighted by Gasteiger charge is 2.13. The molecule has 0 radical (unpaired) electrons. The van der Waals surface area contributed by atoms with Crippen LogP contribution in [-0.4, -0.2) is 30.3 Å². The summed E-state index contributed by atoms with van der Waals surface area (Å²) in [5, 5.41) is 0.544. The molecule has 0 bridgehead atoms. The lowest BCUT2D eigenvalue weighted by atomic mass is 10.1. The normalized spacial score (nSPS) is 10.2. The third kappa shape index (κ3) is 4.66. The van der Waals surface area contributed by atoms with Gasteiger partial charge in [-0.05, 0) is 32.1 Å². The van der Waals surface area contributed by atoms with Gasteiger partial charge in [-0.25, -0.2) is 0 Å². The Balaban J connectivity index is 0.00000256. The lowest BCUT2D eigenvalue weighted by Crippen LogP contribution is -3.00. The first-order valence-corrected chi connectivity index (χ1v) is 5.98. The Kier molecular flexibility index (Phi) is 7.44. The molecule has 0 saturated carbocycles. The summed E-state index contributed by atoms with van der Waals surface area (Å²) in [4.78, 5) is 14.1. The maximum absolute atomic E-state index is 12.0. The topological polar surface area (TPSA) is 20.3 Å². The van der Waals surface area contributed by atoms with E-state index in [9.17, 15) is 4.79 Å². The number of carbonyl (C=O) groups is 1. The summed E-state index contributed by atoms with van der Waals surface area (Å²) in [6, 6.07) is 5.55. The largest absolute Gasteiger partial charge is 1.00 e. The minimum Gasteiger partial charge on any atom is -1.00 e. The average molecular weight is 275 g/mol. The molecule has 96 valence electrons. The summed E-state index contributed by atoms with van der Waals surface area (Å²) in [7, 11) is 0. The molecule has 0 heterocycles. The molecule has 0 aromatic heterocycles. The Bertz CT molecular complexity index is 376. The van der Waals surface area contributed by atoms with Gasteiger partial charge in [0.05, 0.1) is 11.6 Å². The number of hydrogen-bond acceptors (Lipinski definition) is 2. The van der Waals surface area contributed by atoms with Gasteiger partial charge in [-0.1, -0.05) is 37.1 Å². The lowest BCUT2D eigenvalue weighted by molar-refractivity contribution is -0.0000114. The highest BCUT2D eigenvalue weighted by molar-refractivity contribution is 6.34. The van der Waals surface area contributed by atoms with Gasteiger partial charge >= 0.3 is 0 Å². The average Bonchev–Trinajstić information content (AvgIpc) is 2.28. The number of rotatable bonds is 5. The number of hydrogen-bond donors (Lipinski definition) is 0. The minimum atomic E-state index is 0. The molecule has 0 amide bonds. The second kappa shape index (κ2) is 7.70. The van der Waals surface area contributed by atoms with Crippen molar-refractivity contribution in [3.63, 3.8) is 0 Å². The Morgan fingerprint density at radius 2 is 1.88 bits per heavy atom. The van der Waals surface area contributed by atoms with Crippen molar-refractivity contribution in [1.29, 1.82) is 0 Å². The predicted octanol–water partition coefficient (Wildman–Crippen LogP) is 0.177. The fourth-order valence-corrected chi connectivity index (χ4v) is 1.81. The van der Waals surface area contributed by atoms with Crippen LogP contribution in [0.15, 0.2) is 18.2 Å². The number of halogens is 2. The quantitative estimate of drug-likeness (QED) is 0.714. The Labute approximate surface area is 114 Å². The van der Waals surface area contributed by atoms with Crippen LogP contribution in [0.2, 0.25) is 5.02 Å². The zero-order valence-corrected chi connectivity index (χ0v) is 12.0. The molecule has 0 aliphatic heterocycles. The first kappa shape index (κ1) is 16.4. The van der Waals surface area contributed by atoms with Gasteiger partial charge < -0.3 is 12.4 Å². The number of likely N-dealkylation sites (N-methyl/N-ethyl adjacent to an activating group) is 1. The van der Waals surface area contributed by atoms with Gasteiger partial charge in [0.15, 0.2) is 5.78 Å². The molecular weight excluding hydrogens is 257 g/mol. The Morgan fingerprint density at radius 3 is 2.41 bits per heavy atom. The van der Waals surface area contributed by atoms with Gasteiger partial charge in [0.1, 0.15) is 0 Å². The lowest BCUT2D eigenvalue weighted by Gasteiger charge is -2.17. The molecule has 0 unspecified atom stereocenters. The molecule has 0 aliphatic carbocycles. The molecule has 1 aromatic carbocycles. The molecule has 1 aromatic rings. The van der Waals surface area contributed by atoms with Crippen molar-refractivity contribution in [2.75, 3.05) is 19.6 Å². The van der Waals surface area contributed by atoms with E-state index in [0.717, 1.165) is 18.7 Å². The first-order valence-electron chi connectivity index (χ1n) is 5.60. The van der Waals surface area contributed by atoms with Crippen LogP contribution in [0.1, 0.15) is 29.8 Å². The zero-order valence-electron chi connectivity index (χ0n) is 10.5. The maximum Gasteiger partial charge on any atom is 0.178 e. The van der Waals surface area contributed by atoms with E-state index in [-0.39, 0.29) is 18.2 Å². The smallest absolute Gasteiger partial charge is 0.178 e. The van der Waals surface area contributed by atoms with Crippen molar-refractivity contribution in [3.8, 4) is 0 Å². The first-order chi connectivity index (χ1) is 7.58. The van der Waals surface area contributed by atoms with Crippen molar-refractivity contribution in [2.24, 2.45) is 0 Å². The minimum absolute atomic E-state index is 0. The van der Waals surface area contributed by atoms with Crippen LogP contribution in [0.4, 0.5) is 0 Å². The summed E-state index contributed by atoms with van der Waals surface area (Å²) in [6.07, 6.45) is 0. The summed E-state index contributed by atoms with van der Waals surface area (Å²) >= 11 is 6.02. The molecule has 17 heavy (non-hydrogen) atoms. The Morgan fingerprint density at radius 1 is 1.29 bits per heavy atom. The van der Waals surface area contributed by atoms with Gasteiger partial charge in [0.2, 0.25) is 0 Å². The van der Waals surface area contributed by atoms with Crippen LogP contribution in [0.3, 0.4) is 0 Å². The van der Waals surface area contributed by atoms with Gasteiger partial charge in [0, 0.05) is 5.56 Å². The molecule has 2 nitrogen and oxygen atoms in total. The third-order valence-corrected chi connectivity index (χ3v) is 3.01. The van der Waals surface area contributed by atoms with E-state index in [4.69, 9.17) is 11.6 Å². The fraction of sp³-hybridized carbons (Fsp3) is 0.462. The molecule has 1 rings (SSSR count). The van der Waals surface area contributed by atoms with Gasteiger partial charge in [-0.15, -0.1) is 0 Å². The van der Waals surface area contributed by atoms with Crippen LogP contribution in [0, 0.1) is 6.92 Å². The summed E-state index contributed by atoms with van der Waals surface area (Å²) in [5.74, 6) is 0.0948. The van der Waals surface area contributed by atoms with E-state index in [1.54, 1.807) is 6.07 Å². The van der Waals surface area contributed by atoms with E-state index >= 15 is 0 Å². The molecule has 0 saturated heterocycles. The monoisotopic (exact) mass is 274 g/mol. The number of benzene rings is 1. The molecule has 0 N–H and O–H groups in total. The van der Waals surface area contributed by atoms with E-state index in [0.29, 0.717) is 17.1 Å². The van der Waals surface area contributed by atoms with E-state index in [1.807, 2.05) is 19.1 Å². The molecule has 0 atom stereocenters. The number of carbonyl (C=O) groups excluding carboxylic acids is 1. The summed E-state index contributed by atoms with van der Waals surface area (Å²) in [5.41, 5.74) is 1.70. The van der Waals surface area contributed by atoms with E-state index in [2.05, 4.69) is 18.7 Å². The zero-order chi connectivity index (χ0) is 12.1. The number of Topliss-reactive ketones (excluding diaryl/α,β-unsaturated/α-hetero) is 1. The summed E-state index contributed by atoms with van der Waals surface area (Å²) in [6.45, 7) is 8.27. The standard InChI is InChI=1S/C13H18ClNO.ClH/c1-4-15(5-2)9-13(16)11-8-10(3)6-7-12(11)14;/h6-8H,4-5,9H2,1-3H3;1H/p-1. The van der Waals surface area contributed by atoms with Crippen LogP contribution in [0.5, 0.6) is 0 Å². The third-order valence-electron chi connectivity index (χ3n) is 2.68. The highest BCUT2D eigenvalue weighted by Crippen LogP contribution is 2.18. The van der Waals surface area contributed by atoms with Crippen LogP contribution >= 0.6 is 11.6 Å². The van der Waals surface area contributed by atoms with Gasteiger partial charge in [-0.2, -0.15) is 0 Å². The fourth-order valence-electron chi connectivity index (χ4n) is 1.59. The second-order valence-corrected chi connectivity index (χ2v) is 4.28. The van der Waals surface area contributed by atoms with Crippen molar-refractivity contribution in [1.82, 2.24) is 4.90 Å². The van der Waals surface area contributed by atoms with Crippen LogP contribution < -0.4 is 12.4 Å². The molecule has 4 heteroatoms. The molecule has 0 fully saturated rings. The van der Waals surface area contributed by atoms with Crippen LogP contribution in [0.25, 0.3) is 0 Å². The number of ketones is 1. The van der Waals surface area contributed by atoms with E-state index in [1.165, 1.54) is 0 Å². The number of aryl methyl sites for hydroxylation is 1. The van der Waals surface area contributed by atoms with Crippen molar-refractivity contribution in [3.05, 3.63) is 34.3 Å². The summed E-state index contributed by atoms with van der Waals surface area (Å²) < 4.78 is 0. The Hall–Kier alpha value is -0.570. The van der Waals surface area contributed by atoms with Crippen molar-refractivity contribution < 1.29 is 17.2 Å². The maximum atomic E-state index is 12.0. The highest BCUT2D eigenvalue weighted by atomic mass is 35.5. The number of nitrogens with zero attached hydrogens (tertiary/aromatic N) is 1. The van der Waals surface area contributed by atoms with Crippen molar-refractivity contribution >= 4 is 17.4 Å². The molecule has 0 spiro atoms. The van der Waals surface area contributed by atoms with Gasteiger partial charge in [-0.3, -0.25) is 9.69 Å². The van der Waals surface area contributed by atoms with Crippen molar-refractivity contribution in [2.45, 2.75) is 20.8 Å². The molecule has 0 aliphatic rings. The predicted molar refractivity (Wildman–Crippen MR) is 68.3 cm³/mol. The molecular formula is C13H18Cl2NO-. The van der Waals surface area contributed by atoms with E-state index < -0.39 is 0 Å².